The Balaban J connectivity index is 1.42. The number of hydrogen-bond acceptors (Lipinski definition) is 4. The molecule has 0 unspecified atom stereocenters. The van der Waals surface area contributed by atoms with Gasteiger partial charge in [-0.3, -0.25) is 9.78 Å². The summed E-state index contributed by atoms with van der Waals surface area (Å²) in [4.78, 5) is 17.0. The van der Waals surface area contributed by atoms with Crippen molar-refractivity contribution in [2.24, 2.45) is 5.92 Å². The highest BCUT2D eigenvalue weighted by Gasteiger charge is 2.31. The average molecular weight is 483 g/mol. The molecule has 1 N–H and O–H groups in total. The van der Waals surface area contributed by atoms with Gasteiger partial charge in [0.25, 0.3) is 0 Å². The molecule has 1 fully saturated rings. The van der Waals surface area contributed by atoms with Crippen molar-refractivity contribution < 1.29 is 14.3 Å². The van der Waals surface area contributed by atoms with Crippen molar-refractivity contribution in [3.8, 4) is 11.5 Å². The van der Waals surface area contributed by atoms with E-state index < -0.39 is 0 Å². The van der Waals surface area contributed by atoms with Gasteiger partial charge >= 0.3 is 0 Å². The van der Waals surface area contributed by atoms with Gasteiger partial charge in [0.05, 0.1) is 14.2 Å². The third kappa shape index (κ3) is 7.32. The fraction of sp³-hybridized carbons (Fsp3) is 0.290. The van der Waals surface area contributed by atoms with E-state index in [0.29, 0.717) is 5.92 Å². The van der Waals surface area contributed by atoms with Crippen LogP contribution < -0.4 is 14.8 Å². The number of methoxy groups -OCH3 is 2. The summed E-state index contributed by atoms with van der Waals surface area (Å²) in [5.41, 5.74) is 4.34. The maximum Gasteiger partial charge on any atom is 0.244 e. The van der Waals surface area contributed by atoms with Crippen LogP contribution in [0.4, 0.5) is 0 Å². The van der Waals surface area contributed by atoms with E-state index in [1.54, 1.807) is 26.5 Å². The van der Waals surface area contributed by atoms with Crippen molar-refractivity contribution in [1.82, 2.24) is 10.3 Å². The summed E-state index contributed by atoms with van der Waals surface area (Å²) < 4.78 is 10.6. The van der Waals surface area contributed by atoms with E-state index in [4.69, 9.17) is 9.47 Å². The van der Waals surface area contributed by atoms with Gasteiger partial charge in [-0.25, -0.2) is 0 Å². The van der Waals surface area contributed by atoms with Crippen LogP contribution >= 0.6 is 0 Å². The zero-order valence-electron chi connectivity index (χ0n) is 21.0. The second kappa shape index (κ2) is 12.7. The largest absolute Gasteiger partial charge is 0.497 e. The van der Waals surface area contributed by atoms with Crippen molar-refractivity contribution in [3.05, 3.63) is 108 Å². The molecule has 36 heavy (non-hydrogen) atoms. The molecule has 2 aromatic carbocycles. The third-order valence-corrected chi connectivity index (χ3v) is 6.53. The molecule has 1 atom stereocenters. The summed E-state index contributed by atoms with van der Waals surface area (Å²) in [6.07, 6.45) is 14.6. The predicted molar refractivity (Wildman–Crippen MR) is 144 cm³/mol. The van der Waals surface area contributed by atoms with E-state index in [9.17, 15) is 4.79 Å². The van der Waals surface area contributed by atoms with Gasteiger partial charge in [-0.05, 0) is 90.6 Å². The number of nitrogens with one attached hydrogen (secondary N) is 1. The molecule has 4 rings (SSSR count). The van der Waals surface area contributed by atoms with E-state index in [1.807, 2.05) is 72.9 Å². The molecule has 0 saturated heterocycles. The Hall–Kier alpha value is -3.86. The van der Waals surface area contributed by atoms with E-state index in [-0.39, 0.29) is 11.9 Å². The molecule has 0 spiro atoms. The Morgan fingerprint density at radius 2 is 1.64 bits per heavy atom. The maximum absolute atomic E-state index is 12.8. The Labute approximate surface area is 213 Å². The van der Waals surface area contributed by atoms with Crippen LogP contribution in [0.25, 0.3) is 5.57 Å². The molecule has 1 aromatic heterocycles. The lowest BCUT2D eigenvalue weighted by Crippen LogP contribution is -2.35. The van der Waals surface area contributed by atoms with Crippen LogP contribution in [0.15, 0.2) is 91.3 Å². The van der Waals surface area contributed by atoms with Crippen LogP contribution in [0, 0.1) is 5.92 Å². The first-order valence-corrected chi connectivity index (χ1v) is 12.5. The van der Waals surface area contributed by atoms with Gasteiger partial charge in [0.1, 0.15) is 11.5 Å². The van der Waals surface area contributed by atoms with Crippen LogP contribution in [0.3, 0.4) is 0 Å². The Morgan fingerprint density at radius 1 is 1.00 bits per heavy atom. The first-order chi connectivity index (χ1) is 17.7. The van der Waals surface area contributed by atoms with E-state index in [1.165, 1.54) is 18.4 Å². The molecule has 5 heteroatoms. The number of carbonyl (C=O) groups is 1. The first kappa shape index (κ1) is 25.2. The van der Waals surface area contributed by atoms with Gasteiger partial charge in [0.15, 0.2) is 0 Å². The van der Waals surface area contributed by atoms with Crippen LogP contribution in [0.1, 0.15) is 42.4 Å². The number of ether oxygens (including phenoxy) is 2. The van der Waals surface area contributed by atoms with E-state index in [0.717, 1.165) is 47.5 Å². The highest BCUT2D eigenvalue weighted by molar-refractivity contribution is 5.89. The van der Waals surface area contributed by atoms with Crippen molar-refractivity contribution in [1.29, 1.82) is 0 Å². The zero-order valence-corrected chi connectivity index (χ0v) is 21.0. The molecule has 1 aliphatic carbocycles. The van der Waals surface area contributed by atoms with Crippen molar-refractivity contribution >= 4 is 11.5 Å². The number of hydrogen-bond donors (Lipinski definition) is 1. The number of pyridine rings is 1. The molecule has 5 nitrogen and oxygen atoms in total. The molecule has 1 saturated carbocycles. The number of aromatic nitrogens is 1. The molecule has 0 radical (unpaired) electrons. The summed E-state index contributed by atoms with van der Waals surface area (Å²) in [7, 11) is 3.31. The Morgan fingerprint density at radius 3 is 2.17 bits per heavy atom. The van der Waals surface area contributed by atoms with Crippen molar-refractivity contribution in [3.63, 3.8) is 0 Å². The highest BCUT2D eigenvalue weighted by atomic mass is 16.5. The first-order valence-electron chi connectivity index (χ1n) is 12.5. The number of carbonyl (C=O) groups excluding carboxylic acids is 1. The fourth-order valence-corrected chi connectivity index (χ4v) is 4.36. The standard InChI is InChI=1S/C31H34N2O3/c1-35-27-17-13-24(14-18-27)29(25-15-19-28(36-2)20-16-25)8-4-10-31(34)33-30(26-11-12-26)9-3-6-23-7-5-21-32-22-23/h4-5,7-8,10,13-22,26,30H,3,6,9,11-12H2,1-2H3,(H,33,34)/t30-/m1/s1. The number of amides is 1. The predicted octanol–water partition coefficient (Wildman–Crippen LogP) is 6.00. The zero-order chi connectivity index (χ0) is 25.2. The molecule has 1 aliphatic rings. The van der Waals surface area contributed by atoms with Crippen molar-refractivity contribution in [2.45, 2.75) is 38.1 Å². The second-order valence-corrected chi connectivity index (χ2v) is 9.10. The quantitative estimate of drug-likeness (QED) is 0.254. The summed E-state index contributed by atoms with van der Waals surface area (Å²) in [5.74, 6) is 2.16. The molecule has 1 amide bonds. The lowest BCUT2D eigenvalue weighted by molar-refractivity contribution is -0.117. The molecule has 0 aliphatic heterocycles. The maximum atomic E-state index is 12.8. The van der Waals surface area contributed by atoms with Crippen LogP contribution in [-0.2, 0) is 11.2 Å². The van der Waals surface area contributed by atoms with Crippen molar-refractivity contribution in [2.75, 3.05) is 14.2 Å². The monoisotopic (exact) mass is 482 g/mol. The Kier molecular flexibility index (Phi) is 8.92. The van der Waals surface area contributed by atoms with Crippen LogP contribution in [0.2, 0.25) is 0 Å². The van der Waals surface area contributed by atoms with Gasteiger partial charge in [-0.15, -0.1) is 0 Å². The van der Waals surface area contributed by atoms with E-state index >= 15 is 0 Å². The average Bonchev–Trinajstić information content (AvgIpc) is 3.77. The van der Waals surface area contributed by atoms with E-state index in [2.05, 4.69) is 16.4 Å². The number of rotatable bonds is 12. The third-order valence-electron chi connectivity index (χ3n) is 6.53. The van der Waals surface area contributed by atoms with Crippen LogP contribution in [0.5, 0.6) is 11.5 Å². The summed E-state index contributed by atoms with van der Waals surface area (Å²) in [6.45, 7) is 0. The lowest BCUT2D eigenvalue weighted by Gasteiger charge is -2.17. The highest BCUT2D eigenvalue weighted by Crippen LogP contribution is 2.34. The summed E-state index contributed by atoms with van der Waals surface area (Å²) >= 11 is 0. The smallest absolute Gasteiger partial charge is 0.244 e. The molecule has 3 aromatic rings. The van der Waals surface area contributed by atoms with Gasteiger partial charge in [0.2, 0.25) is 5.91 Å². The summed E-state index contributed by atoms with van der Waals surface area (Å²) in [5, 5.41) is 3.24. The summed E-state index contributed by atoms with van der Waals surface area (Å²) in [6, 6.07) is 20.2. The topological polar surface area (TPSA) is 60.5 Å². The Bertz CT molecular complexity index is 1120. The minimum absolute atomic E-state index is 0.0478. The normalized spacial score (nSPS) is 13.7. The molecular weight excluding hydrogens is 448 g/mol. The SMILES string of the molecule is COc1ccc(C(=CC=CC(=O)N[C@H](CCCc2cccnc2)C2CC2)c2ccc(OC)cc2)cc1. The van der Waals surface area contributed by atoms with Crippen LogP contribution in [-0.4, -0.2) is 31.2 Å². The fourth-order valence-electron chi connectivity index (χ4n) is 4.36. The lowest BCUT2D eigenvalue weighted by atomic mass is 9.97. The van der Waals surface area contributed by atoms with Gasteiger partial charge in [-0.1, -0.05) is 42.5 Å². The number of benzene rings is 2. The molecular formula is C31H34N2O3. The van der Waals surface area contributed by atoms with Gasteiger partial charge < -0.3 is 14.8 Å². The van der Waals surface area contributed by atoms with Gasteiger partial charge in [0, 0.05) is 24.5 Å². The minimum Gasteiger partial charge on any atom is -0.497 e. The van der Waals surface area contributed by atoms with Gasteiger partial charge in [-0.2, -0.15) is 0 Å². The number of aryl methyl sites for hydroxylation is 1. The molecule has 0 bridgehead atoms. The number of nitrogens with zero attached hydrogens (tertiary/aromatic N) is 1. The second-order valence-electron chi connectivity index (χ2n) is 9.10. The minimum atomic E-state index is -0.0478. The molecule has 186 valence electrons. The molecule has 1 heterocycles. The number of allylic oxidation sites excluding steroid dienone is 2.